The highest BCUT2D eigenvalue weighted by Crippen LogP contribution is 2.32. The van der Waals surface area contributed by atoms with Crippen LogP contribution in [-0.4, -0.2) is 25.2 Å². The first-order valence-corrected chi connectivity index (χ1v) is 5.79. The van der Waals surface area contributed by atoms with Crippen LogP contribution >= 0.6 is 0 Å². The Hall–Kier alpha value is -2.76. The third-order valence-corrected chi connectivity index (χ3v) is 2.56. The molecule has 1 aromatic heterocycles. The molecule has 0 radical (unpaired) electrons. The Morgan fingerprint density at radius 1 is 1.15 bits per heavy atom. The fourth-order valence-electron chi connectivity index (χ4n) is 1.59. The van der Waals surface area contributed by atoms with Crippen molar-refractivity contribution >= 4 is 11.7 Å². The van der Waals surface area contributed by atoms with Crippen LogP contribution in [0.5, 0.6) is 17.4 Å². The maximum Gasteiger partial charge on any atom is 0.338 e. The van der Waals surface area contributed by atoms with Gasteiger partial charge in [0, 0.05) is 24.0 Å². The molecule has 6 nitrogen and oxygen atoms in total. The van der Waals surface area contributed by atoms with Crippen LogP contribution in [0.1, 0.15) is 10.4 Å². The SMILES string of the molecule is COC(=O)c1ccnc(Oc2ccc(N)cc2OC)c1. The quantitative estimate of drug-likeness (QED) is 0.680. The van der Waals surface area contributed by atoms with Gasteiger partial charge in [-0.05, 0) is 18.2 Å². The van der Waals surface area contributed by atoms with Crippen molar-refractivity contribution in [3.05, 3.63) is 42.1 Å². The molecule has 0 fully saturated rings. The first kappa shape index (κ1) is 13.7. The third-order valence-electron chi connectivity index (χ3n) is 2.56. The van der Waals surface area contributed by atoms with Gasteiger partial charge in [0.15, 0.2) is 11.5 Å². The number of nitrogens with zero attached hydrogens (tertiary/aromatic N) is 1. The number of aromatic nitrogens is 1. The van der Waals surface area contributed by atoms with Crippen molar-refractivity contribution in [3.63, 3.8) is 0 Å². The van der Waals surface area contributed by atoms with Crippen molar-refractivity contribution < 1.29 is 19.0 Å². The van der Waals surface area contributed by atoms with Crippen molar-refractivity contribution in [1.82, 2.24) is 4.98 Å². The van der Waals surface area contributed by atoms with E-state index in [0.29, 0.717) is 22.7 Å². The minimum Gasteiger partial charge on any atom is -0.493 e. The van der Waals surface area contributed by atoms with Gasteiger partial charge in [0.05, 0.1) is 19.8 Å². The van der Waals surface area contributed by atoms with Crippen LogP contribution in [0, 0.1) is 0 Å². The molecule has 0 atom stereocenters. The van der Waals surface area contributed by atoms with E-state index in [4.69, 9.17) is 15.2 Å². The van der Waals surface area contributed by atoms with E-state index in [0.717, 1.165) is 0 Å². The zero-order valence-electron chi connectivity index (χ0n) is 11.1. The number of pyridine rings is 1. The Morgan fingerprint density at radius 2 is 1.95 bits per heavy atom. The maximum absolute atomic E-state index is 11.4. The topological polar surface area (TPSA) is 83.7 Å². The van der Waals surface area contributed by atoms with Crippen LogP contribution in [0.3, 0.4) is 0 Å². The van der Waals surface area contributed by atoms with E-state index < -0.39 is 5.97 Å². The largest absolute Gasteiger partial charge is 0.493 e. The van der Waals surface area contributed by atoms with Crippen LogP contribution in [-0.2, 0) is 4.74 Å². The minimum atomic E-state index is -0.457. The fraction of sp³-hybridized carbons (Fsp3) is 0.143. The molecule has 20 heavy (non-hydrogen) atoms. The molecule has 2 aromatic rings. The normalized spacial score (nSPS) is 9.90. The summed E-state index contributed by atoms with van der Waals surface area (Å²) in [6, 6.07) is 8.02. The standard InChI is InChI=1S/C14H14N2O4/c1-18-12-8-10(15)3-4-11(12)20-13-7-9(5-6-16-13)14(17)19-2/h3-8H,15H2,1-2H3. The lowest BCUT2D eigenvalue weighted by atomic mass is 10.2. The molecule has 1 heterocycles. The van der Waals surface area contributed by atoms with Gasteiger partial charge in [-0.3, -0.25) is 0 Å². The smallest absolute Gasteiger partial charge is 0.338 e. The van der Waals surface area contributed by atoms with Crippen molar-refractivity contribution in [1.29, 1.82) is 0 Å². The minimum absolute atomic E-state index is 0.260. The number of hydrogen-bond acceptors (Lipinski definition) is 6. The van der Waals surface area contributed by atoms with Crippen LogP contribution in [0.4, 0.5) is 5.69 Å². The average molecular weight is 274 g/mol. The van der Waals surface area contributed by atoms with Gasteiger partial charge >= 0.3 is 5.97 Å². The van der Waals surface area contributed by atoms with E-state index in [-0.39, 0.29) is 5.88 Å². The number of hydrogen-bond donors (Lipinski definition) is 1. The second kappa shape index (κ2) is 5.92. The molecule has 0 saturated heterocycles. The Morgan fingerprint density at radius 3 is 2.65 bits per heavy atom. The van der Waals surface area contributed by atoms with Gasteiger partial charge in [-0.1, -0.05) is 0 Å². The summed E-state index contributed by atoms with van der Waals surface area (Å²) in [5, 5.41) is 0. The molecular formula is C14H14N2O4. The first-order valence-electron chi connectivity index (χ1n) is 5.79. The molecule has 0 bridgehead atoms. The Balaban J connectivity index is 2.28. The lowest BCUT2D eigenvalue weighted by molar-refractivity contribution is 0.0600. The fourth-order valence-corrected chi connectivity index (χ4v) is 1.59. The van der Waals surface area contributed by atoms with Crippen molar-refractivity contribution in [2.24, 2.45) is 0 Å². The monoisotopic (exact) mass is 274 g/mol. The molecule has 2 rings (SSSR count). The van der Waals surface area contributed by atoms with Crippen LogP contribution in [0.2, 0.25) is 0 Å². The van der Waals surface area contributed by atoms with Gasteiger partial charge in [-0.15, -0.1) is 0 Å². The number of carbonyl (C=O) groups is 1. The molecule has 0 aliphatic rings. The van der Waals surface area contributed by atoms with E-state index in [2.05, 4.69) is 9.72 Å². The predicted octanol–water partition coefficient (Wildman–Crippen LogP) is 2.25. The van der Waals surface area contributed by atoms with Gasteiger partial charge in [-0.2, -0.15) is 0 Å². The van der Waals surface area contributed by atoms with Crippen molar-refractivity contribution in [2.45, 2.75) is 0 Å². The summed E-state index contributed by atoms with van der Waals surface area (Å²) in [5.41, 5.74) is 6.58. The van der Waals surface area contributed by atoms with Crippen LogP contribution in [0.25, 0.3) is 0 Å². The number of nitrogen functional groups attached to an aromatic ring is 1. The summed E-state index contributed by atoms with van der Waals surface area (Å²) in [4.78, 5) is 15.5. The molecule has 0 spiro atoms. The second-order valence-corrected chi connectivity index (χ2v) is 3.89. The lowest BCUT2D eigenvalue weighted by Gasteiger charge is -2.10. The van der Waals surface area contributed by atoms with E-state index in [1.165, 1.54) is 26.5 Å². The number of benzene rings is 1. The molecule has 104 valence electrons. The molecular weight excluding hydrogens is 260 g/mol. The van der Waals surface area contributed by atoms with Gasteiger partial charge in [0.1, 0.15) is 0 Å². The molecule has 0 aliphatic carbocycles. The zero-order valence-corrected chi connectivity index (χ0v) is 11.1. The van der Waals surface area contributed by atoms with E-state index in [9.17, 15) is 4.79 Å². The molecule has 0 aliphatic heterocycles. The Labute approximate surface area is 116 Å². The highest BCUT2D eigenvalue weighted by molar-refractivity contribution is 5.89. The number of methoxy groups -OCH3 is 2. The summed E-state index contributed by atoms with van der Waals surface area (Å²) in [6.07, 6.45) is 1.46. The summed E-state index contributed by atoms with van der Waals surface area (Å²) >= 11 is 0. The van der Waals surface area contributed by atoms with E-state index in [1.807, 2.05) is 0 Å². The van der Waals surface area contributed by atoms with Gasteiger partial charge in [0.2, 0.25) is 5.88 Å². The third kappa shape index (κ3) is 2.97. The highest BCUT2D eigenvalue weighted by Gasteiger charge is 2.10. The number of ether oxygens (including phenoxy) is 3. The number of nitrogens with two attached hydrogens (primary N) is 1. The number of esters is 1. The highest BCUT2D eigenvalue weighted by atomic mass is 16.5. The molecule has 0 saturated carbocycles. The van der Waals surface area contributed by atoms with Crippen LogP contribution in [0.15, 0.2) is 36.5 Å². The lowest BCUT2D eigenvalue weighted by Crippen LogP contribution is -2.02. The van der Waals surface area contributed by atoms with E-state index >= 15 is 0 Å². The van der Waals surface area contributed by atoms with E-state index in [1.54, 1.807) is 24.3 Å². The van der Waals surface area contributed by atoms with Gasteiger partial charge in [-0.25, -0.2) is 9.78 Å². The number of anilines is 1. The molecule has 2 N–H and O–H groups in total. The Bertz CT molecular complexity index is 628. The average Bonchev–Trinajstić information content (AvgIpc) is 2.48. The molecule has 1 aromatic carbocycles. The maximum atomic E-state index is 11.4. The summed E-state index contributed by atoms with van der Waals surface area (Å²) in [7, 11) is 2.83. The summed E-state index contributed by atoms with van der Waals surface area (Å²) < 4.78 is 15.4. The van der Waals surface area contributed by atoms with Gasteiger partial charge in [0.25, 0.3) is 0 Å². The van der Waals surface area contributed by atoms with Crippen molar-refractivity contribution in [2.75, 3.05) is 20.0 Å². The molecule has 0 unspecified atom stereocenters. The molecule has 6 heteroatoms. The summed E-state index contributed by atoms with van der Waals surface area (Å²) in [5.74, 6) is 0.740. The van der Waals surface area contributed by atoms with Crippen molar-refractivity contribution in [3.8, 4) is 17.4 Å². The summed E-state index contributed by atoms with van der Waals surface area (Å²) in [6.45, 7) is 0. The Kier molecular flexibility index (Phi) is 4.05. The van der Waals surface area contributed by atoms with Crippen LogP contribution < -0.4 is 15.2 Å². The zero-order chi connectivity index (χ0) is 14.5. The second-order valence-electron chi connectivity index (χ2n) is 3.89. The number of rotatable bonds is 4. The first-order chi connectivity index (χ1) is 9.63. The molecule has 0 amide bonds. The predicted molar refractivity (Wildman–Crippen MR) is 73.1 cm³/mol. The van der Waals surface area contributed by atoms with Gasteiger partial charge < -0.3 is 19.9 Å². The number of carbonyl (C=O) groups excluding carboxylic acids is 1.